The topological polar surface area (TPSA) is 58.6 Å². The third-order valence-corrected chi connectivity index (χ3v) is 3.90. The molecule has 2 amide bonds. The molecule has 1 saturated carbocycles. The van der Waals surface area contributed by atoms with Gasteiger partial charge in [-0.15, -0.1) is 0 Å². The van der Waals surface area contributed by atoms with Crippen LogP contribution in [0.2, 0.25) is 0 Å². The van der Waals surface area contributed by atoms with E-state index in [2.05, 4.69) is 5.32 Å². The Morgan fingerprint density at radius 3 is 2.47 bits per heavy atom. The molecule has 5 nitrogen and oxygen atoms in total. The fraction of sp³-hybridized carbons (Fsp3) is 0.833. The van der Waals surface area contributed by atoms with E-state index in [1.165, 1.54) is 0 Å². The van der Waals surface area contributed by atoms with Crippen LogP contribution in [0, 0.1) is 5.92 Å². The van der Waals surface area contributed by atoms with Crippen molar-refractivity contribution in [2.24, 2.45) is 5.92 Å². The van der Waals surface area contributed by atoms with Crippen LogP contribution in [0.1, 0.15) is 25.7 Å². The van der Waals surface area contributed by atoms with Gasteiger partial charge in [0.25, 0.3) is 0 Å². The summed E-state index contributed by atoms with van der Waals surface area (Å²) in [6.07, 6.45) is 3.85. The van der Waals surface area contributed by atoms with Crippen LogP contribution in [0.3, 0.4) is 0 Å². The van der Waals surface area contributed by atoms with E-state index in [-0.39, 0.29) is 30.3 Å². The minimum absolute atomic E-state index is 0.00649. The molecule has 0 bridgehead atoms. The van der Waals surface area contributed by atoms with E-state index in [4.69, 9.17) is 4.74 Å². The largest absolute Gasteiger partial charge is 0.381 e. The van der Waals surface area contributed by atoms with Crippen LogP contribution >= 0.6 is 0 Å². The molecule has 3 aliphatic rings. The number of amides is 2. The third-order valence-electron chi connectivity index (χ3n) is 3.90. The van der Waals surface area contributed by atoms with E-state index >= 15 is 0 Å². The van der Waals surface area contributed by atoms with Crippen molar-refractivity contribution in [3.8, 4) is 0 Å². The first-order valence-corrected chi connectivity index (χ1v) is 6.43. The van der Waals surface area contributed by atoms with E-state index in [1.54, 1.807) is 4.90 Å². The van der Waals surface area contributed by atoms with Crippen LogP contribution in [0.25, 0.3) is 0 Å². The Morgan fingerprint density at radius 1 is 1.12 bits per heavy atom. The smallest absolute Gasteiger partial charge is 0.246 e. The Kier molecular flexibility index (Phi) is 2.78. The molecular formula is C12H18N2O3. The highest BCUT2D eigenvalue weighted by Gasteiger charge is 2.43. The number of nitrogens with one attached hydrogen (secondary N) is 1. The number of carbonyl (C=O) groups excluding carboxylic acids is 2. The van der Waals surface area contributed by atoms with Crippen LogP contribution in [0.4, 0.5) is 0 Å². The Labute approximate surface area is 100 Å². The lowest BCUT2D eigenvalue weighted by molar-refractivity contribution is -0.147. The van der Waals surface area contributed by atoms with Gasteiger partial charge in [-0.25, -0.2) is 0 Å². The second-order valence-electron chi connectivity index (χ2n) is 5.19. The maximum Gasteiger partial charge on any atom is 0.246 e. The van der Waals surface area contributed by atoms with Crippen molar-refractivity contribution < 1.29 is 14.3 Å². The molecule has 0 aromatic rings. The van der Waals surface area contributed by atoms with Gasteiger partial charge in [-0.3, -0.25) is 9.59 Å². The van der Waals surface area contributed by atoms with Crippen LogP contribution in [0.5, 0.6) is 0 Å². The molecule has 3 fully saturated rings. The number of rotatable bonds is 2. The van der Waals surface area contributed by atoms with E-state index in [1.807, 2.05) is 0 Å². The standard InChI is InChI=1S/C12H18N2O3/c15-10-7-14(9-1-2-9)12(16)11(13-10)8-3-5-17-6-4-8/h8-9,11H,1-7H2,(H,13,15). The Hall–Kier alpha value is -1.10. The zero-order chi connectivity index (χ0) is 11.8. The summed E-state index contributed by atoms with van der Waals surface area (Å²) in [5, 5.41) is 2.86. The molecule has 94 valence electrons. The molecule has 1 atom stereocenters. The van der Waals surface area contributed by atoms with E-state index in [9.17, 15) is 9.59 Å². The van der Waals surface area contributed by atoms with Gasteiger partial charge in [0.2, 0.25) is 11.8 Å². The van der Waals surface area contributed by atoms with Crippen LogP contribution in [0.15, 0.2) is 0 Å². The molecule has 1 aliphatic carbocycles. The average molecular weight is 238 g/mol. The highest BCUT2D eigenvalue weighted by Crippen LogP contribution is 2.30. The molecule has 3 rings (SSSR count). The summed E-state index contributed by atoms with van der Waals surface area (Å²) in [6.45, 7) is 1.66. The lowest BCUT2D eigenvalue weighted by atomic mass is 9.89. The van der Waals surface area contributed by atoms with E-state index in [0.29, 0.717) is 19.3 Å². The zero-order valence-electron chi connectivity index (χ0n) is 9.85. The summed E-state index contributed by atoms with van der Waals surface area (Å²) >= 11 is 0. The maximum absolute atomic E-state index is 12.3. The maximum atomic E-state index is 12.3. The number of ether oxygens (including phenoxy) is 1. The van der Waals surface area contributed by atoms with Gasteiger partial charge in [0, 0.05) is 19.3 Å². The third kappa shape index (κ3) is 2.16. The summed E-state index contributed by atoms with van der Waals surface area (Å²) < 4.78 is 5.30. The predicted molar refractivity (Wildman–Crippen MR) is 60.2 cm³/mol. The normalized spacial score (nSPS) is 31.5. The molecule has 0 radical (unpaired) electrons. The first-order chi connectivity index (χ1) is 8.25. The van der Waals surface area contributed by atoms with Crippen molar-refractivity contribution >= 4 is 11.8 Å². The van der Waals surface area contributed by atoms with Gasteiger partial charge in [-0.2, -0.15) is 0 Å². The fourth-order valence-corrected chi connectivity index (χ4v) is 2.76. The lowest BCUT2D eigenvalue weighted by Gasteiger charge is -2.37. The van der Waals surface area contributed by atoms with Gasteiger partial charge in [0.15, 0.2) is 0 Å². The van der Waals surface area contributed by atoms with Crippen molar-refractivity contribution in [2.75, 3.05) is 19.8 Å². The first kappa shape index (κ1) is 11.0. The Morgan fingerprint density at radius 2 is 1.82 bits per heavy atom. The molecule has 5 heteroatoms. The summed E-state index contributed by atoms with van der Waals surface area (Å²) in [5.41, 5.74) is 0. The summed E-state index contributed by atoms with van der Waals surface area (Å²) in [6, 6.07) is 0.0247. The van der Waals surface area contributed by atoms with Gasteiger partial charge >= 0.3 is 0 Å². The molecule has 2 aliphatic heterocycles. The lowest BCUT2D eigenvalue weighted by Crippen LogP contribution is -2.61. The molecule has 1 N–H and O–H groups in total. The quantitative estimate of drug-likeness (QED) is 0.731. The molecule has 0 aromatic carbocycles. The van der Waals surface area contributed by atoms with Crippen LogP contribution in [-0.2, 0) is 14.3 Å². The molecule has 2 saturated heterocycles. The minimum Gasteiger partial charge on any atom is -0.381 e. The zero-order valence-corrected chi connectivity index (χ0v) is 9.85. The molecule has 1 unspecified atom stereocenters. The van der Waals surface area contributed by atoms with Crippen molar-refractivity contribution in [2.45, 2.75) is 37.8 Å². The van der Waals surface area contributed by atoms with E-state index in [0.717, 1.165) is 25.7 Å². The van der Waals surface area contributed by atoms with Crippen molar-refractivity contribution in [1.29, 1.82) is 0 Å². The Balaban J connectivity index is 1.72. The number of carbonyl (C=O) groups is 2. The number of nitrogens with zero attached hydrogens (tertiary/aromatic N) is 1. The Bertz CT molecular complexity index is 335. The molecule has 2 heterocycles. The number of piperazine rings is 1. The number of hydrogen-bond acceptors (Lipinski definition) is 3. The van der Waals surface area contributed by atoms with Crippen molar-refractivity contribution in [3.05, 3.63) is 0 Å². The summed E-state index contributed by atoms with van der Waals surface area (Å²) in [5.74, 6) is 0.369. The average Bonchev–Trinajstić information content (AvgIpc) is 3.17. The van der Waals surface area contributed by atoms with Crippen molar-refractivity contribution in [1.82, 2.24) is 10.2 Å². The molecule has 17 heavy (non-hydrogen) atoms. The monoisotopic (exact) mass is 238 g/mol. The highest BCUT2D eigenvalue weighted by molar-refractivity contribution is 5.95. The number of hydrogen-bond donors (Lipinski definition) is 1. The van der Waals surface area contributed by atoms with Gasteiger partial charge in [-0.1, -0.05) is 0 Å². The van der Waals surface area contributed by atoms with Gasteiger partial charge in [-0.05, 0) is 31.6 Å². The molecular weight excluding hydrogens is 220 g/mol. The second kappa shape index (κ2) is 4.29. The summed E-state index contributed by atoms with van der Waals surface area (Å²) in [7, 11) is 0. The van der Waals surface area contributed by atoms with Crippen LogP contribution < -0.4 is 5.32 Å². The van der Waals surface area contributed by atoms with Gasteiger partial charge in [0.1, 0.15) is 6.04 Å². The second-order valence-corrected chi connectivity index (χ2v) is 5.19. The van der Waals surface area contributed by atoms with Crippen LogP contribution in [-0.4, -0.2) is 48.6 Å². The van der Waals surface area contributed by atoms with Gasteiger partial charge < -0.3 is 15.0 Å². The van der Waals surface area contributed by atoms with Crippen molar-refractivity contribution in [3.63, 3.8) is 0 Å². The predicted octanol–water partition coefficient (Wildman–Crippen LogP) is -0.0976. The molecule has 0 spiro atoms. The van der Waals surface area contributed by atoms with E-state index < -0.39 is 0 Å². The fourth-order valence-electron chi connectivity index (χ4n) is 2.76. The SMILES string of the molecule is O=C1CN(C2CC2)C(=O)C(C2CCOCC2)N1. The summed E-state index contributed by atoms with van der Waals surface area (Å²) in [4.78, 5) is 25.8. The highest BCUT2D eigenvalue weighted by atomic mass is 16.5. The minimum atomic E-state index is -0.305. The molecule has 0 aromatic heterocycles. The first-order valence-electron chi connectivity index (χ1n) is 6.43. The van der Waals surface area contributed by atoms with Gasteiger partial charge in [0.05, 0.1) is 6.54 Å².